The Balaban J connectivity index is 1.39. The Hall–Kier alpha value is -3.78. The van der Waals surface area contributed by atoms with Gasteiger partial charge in [0.25, 0.3) is 0 Å². The summed E-state index contributed by atoms with van der Waals surface area (Å²) in [5, 5.41) is 12.0. The highest BCUT2D eigenvalue weighted by Crippen LogP contribution is 2.27. The average Bonchev–Trinajstić information content (AvgIpc) is 3.40. The SMILES string of the molecule is O=C1Cc2cc(C(=O)CSc3nnc(Cc4ccccc4)n3-c3ccc(F)cc3)ccc2N1. The van der Waals surface area contributed by atoms with Crippen molar-refractivity contribution in [3.05, 3.63) is 101 Å². The van der Waals surface area contributed by atoms with Gasteiger partial charge < -0.3 is 5.32 Å². The third-order valence-corrected chi connectivity index (χ3v) is 6.30. The van der Waals surface area contributed by atoms with Crippen LogP contribution in [0.1, 0.15) is 27.3 Å². The lowest BCUT2D eigenvalue weighted by Gasteiger charge is -2.10. The van der Waals surface area contributed by atoms with Gasteiger partial charge in [0, 0.05) is 23.4 Å². The average molecular weight is 459 g/mol. The lowest BCUT2D eigenvalue weighted by molar-refractivity contribution is -0.115. The van der Waals surface area contributed by atoms with Gasteiger partial charge in [0.1, 0.15) is 11.6 Å². The molecule has 1 aliphatic rings. The summed E-state index contributed by atoms with van der Waals surface area (Å²) in [7, 11) is 0. The summed E-state index contributed by atoms with van der Waals surface area (Å²) >= 11 is 1.28. The Bertz CT molecular complexity index is 1340. The molecule has 33 heavy (non-hydrogen) atoms. The van der Waals surface area contributed by atoms with E-state index in [2.05, 4.69) is 15.5 Å². The van der Waals surface area contributed by atoms with E-state index in [-0.39, 0.29) is 29.7 Å². The second-order valence-electron chi connectivity index (χ2n) is 7.68. The molecule has 1 aliphatic heterocycles. The van der Waals surface area contributed by atoms with Crippen LogP contribution in [0, 0.1) is 5.82 Å². The van der Waals surface area contributed by atoms with Crippen LogP contribution in [0.5, 0.6) is 0 Å². The largest absolute Gasteiger partial charge is 0.326 e. The Labute approximate surface area is 193 Å². The summed E-state index contributed by atoms with van der Waals surface area (Å²) in [6.07, 6.45) is 0.830. The summed E-state index contributed by atoms with van der Waals surface area (Å²) < 4.78 is 15.4. The third-order valence-electron chi connectivity index (χ3n) is 5.37. The number of Topliss-reactive ketones (excluding diaryl/α,β-unsaturated/α-hetero) is 1. The van der Waals surface area contributed by atoms with Gasteiger partial charge in [-0.1, -0.05) is 42.1 Å². The molecule has 3 aromatic carbocycles. The fourth-order valence-electron chi connectivity index (χ4n) is 3.75. The number of nitrogens with one attached hydrogen (secondary N) is 1. The molecule has 0 unspecified atom stereocenters. The summed E-state index contributed by atoms with van der Waals surface area (Å²) in [5.74, 6) is 0.392. The van der Waals surface area contributed by atoms with Gasteiger partial charge in [0.15, 0.2) is 10.9 Å². The van der Waals surface area contributed by atoms with E-state index >= 15 is 0 Å². The Morgan fingerprint density at radius 2 is 1.82 bits per heavy atom. The van der Waals surface area contributed by atoms with E-state index in [0.29, 0.717) is 23.0 Å². The molecule has 0 radical (unpaired) electrons. The van der Waals surface area contributed by atoms with Crippen LogP contribution in [0.2, 0.25) is 0 Å². The second kappa shape index (κ2) is 8.99. The molecule has 0 atom stereocenters. The predicted molar refractivity (Wildman–Crippen MR) is 124 cm³/mol. The van der Waals surface area contributed by atoms with E-state index in [1.165, 1.54) is 23.9 Å². The number of rotatable bonds is 7. The number of nitrogens with zero attached hydrogens (tertiary/aromatic N) is 3. The van der Waals surface area contributed by atoms with Crippen LogP contribution in [0.15, 0.2) is 78.0 Å². The van der Waals surface area contributed by atoms with Gasteiger partial charge in [-0.15, -0.1) is 10.2 Å². The molecule has 0 saturated carbocycles. The number of hydrogen-bond acceptors (Lipinski definition) is 5. The van der Waals surface area contributed by atoms with E-state index < -0.39 is 0 Å². The zero-order chi connectivity index (χ0) is 22.8. The molecular weight excluding hydrogens is 439 g/mol. The van der Waals surface area contributed by atoms with E-state index in [4.69, 9.17) is 0 Å². The number of benzene rings is 3. The number of carbonyl (C=O) groups is 2. The van der Waals surface area contributed by atoms with Gasteiger partial charge in [-0.3, -0.25) is 14.2 Å². The minimum absolute atomic E-state index is 0.0673. The Kier molecular flexibility index (Phi) is 5.75. The van der Waals surface area contributed by atoms with Crippen LogP contribution in [-0.2, 0) is 17.6 Å². The number of ketones is 1. The minimum Gasteiger partial charge on any atom is -0.326 e. The van der Waals surface area contributed by atoms with Crippen molar-refractivity contribution >= 4 is 29.1 Å². The van der Waals surface area contributed by atoms with Crippen molar-refractivity contribution in [1.82, 2.24) is 14.8 Å². The van der Waals surface area contributed by atoms with E-state index in [1.807, 2.05) is 34.9 Å². The molecule has 0 aliphatic carbocycles. The van der Waals surface area contributed by atoms with Gasteiger partial charge in [-0.2, -0.15) is 0 Å². The molecule has 1 aromatic heterocycles. The highest BCUT2D eigenvalue weighted by atomic mass is 32.2. The topological polar surface area (TPSA) is 76.9 Å². The molecule has 1 N–H and O–H groups in total. The molecule has 164 valence electrons. The molecule has 8 heteroatoms. The van der Waals surface area contributed by atoms with Crippen LogP contribution >= 0.6 is 11.8 Å². The maximum absolute atomic E-state index is 13.5. The van der Waals surface area contributed by atoms with E-state index in [0.717, 1.165) is 22.5 Å². The molecule has 1 amide bonds. The van der Waals surface area contributed by atoms with Crippen molar-refractivity contribution < 1.29 is 14.0 Å². The maximum atomic E-state index is 13.5. The van der Waals surface area contributed by atoms with Gasteiger partial charge >= 0.3 is 0 Å². The first-order valence-corrected chi connectivity index (χ1v) is 11.4. The summed E-state index contributed by atoms with van der Waals surface area (Å²) in [4.78, 5) is 24.4. The molecule has 4 aromatic rings. The summed E-state index contributed by atoms with van der Waals surface area (Å²) in [6, 6.07) is 21.3. The maximum Gasteiger partial charge on any atom is 0.228 e. The van der Waals surface area contributed by atoms with Crippen LogP contribution < -0.4 is 5.32 Å². The highest BCUT2D eigenvalue weighted by molar-refractivity contribution is 7.99. The first-order chi connectivity index (χ1) is 16.1. The molecule has 0 spiro atoms. The van der Waals surface area contributed by atoms with Crippen molar-refractivity contribution in [2.75, 3.05) is 11.1 Å². The summed E-state index contributed by atoms with van der Waals surface area (Å²) in [6.45, 7) is 0. The van der Waals surface area contributed by atoms with Gasteiger partial charge in [0.2, 0.25) is 5.91 Å². The first-order valence-electron chi connectivity index (χ1n) is 10.4. The monoisotopic (exact) mass is 458 g/mol. The molecule has 0 bridgehead atoms. The fourth-order valence-corrected chi connectivity index (χ4v) is 4.62. The number of hydrogen-bond donors (Lipinski definition) is 1. The van der Waals surface area contributed by atoms with Crippen molar-refractivity contribution in [2.45, 2.75) is 18.0 Å². The van der Waals surface area contributed by atoms with Crippen LogP contribution in [0.25, 0.3) is 5.69 Å². The number of thioether (sulfide) groups is 1. The number of fused-ring (bicyclic) bond motifs is 1. The quantitative estimate of drug-likeness (QED) is 0.327. The summed E-state index contributed by atoms with van der Waals surface area (Å²) in [5.41, 5.74) is 3.93. The van der Waals surface area contributed by atoms with Crippen molar-refractivity contribution in [1.29, 1.82) is 0 Å². The third kappa shape index (κ3) is 4.56. The van der Waals surface area contributed by atoms with Gasteiger partial charge in [0.05, 0.1) is 12.2 Å². The van der Waals surface area contributed by atoms with Crippen LogP contribution in [0.4, 0.5) is 10.1 Å². The molecule has 0 saturated heterocycles. The number of halogens is 1. The normalized spacial score (nSPS) is 12.5. The highest BCUT2D eigenvalue weighted by Gasteiger charge is 2.20. The van der Waals surface area contributed by atoms with E-state index in [1.54, 1.807) is 30.3 Å². The van der Waals surface area contributed by atoms with Crippen LogP contribution in [-0.4, -0.2) is 32.2 Å². The van der Waals surface area contributed by atoms with Crippen molar-refractivity contribution in [3.8, 4) is 5.69 Å². The van der Waals surface area contributed by atoms with Crippen LogP contribution in [0.3, 0.4) is 0 Å². The number of anilines is 1. The van der Waals surface area contributed by atoms with E-state index in [9.17, 15) is 14.0 Å². The Morgan fingerprint density at radius 1 is 1.03 bits per heavy atom. The number of amides is 1. The molecule has 0 fully saturated rings. The lowest BCUT2D eigenvalue weighted by atomic mass is 10.1. The standard InChI is InChI=1S/C25H19FN4O2S/c26-19-7-9-20(10-8-19)30-23(12-16-4-2-1-3-5-16)28-29-25(30)33-15-22(31)17-6-11-21-18(13-17)14-24(32)27-21/h1-11,13H,12,14-15H2,(H,27,32). The smallest absolute Gasteiger partial charge is 0.228 e. The van der Waals surface area contributed by atoms with Gasteiger partial charge in [-0.25, -0.2) is 4.39 Å². The van der Waals surface area contributed by atoms with Crippen molar-refractivity contribution in [3.63, 3.8) is 0 Å². The minimum atomic E-state index is -0.328. The van der Waals surface area contributed by atoms with Crippen molar-refractivity contribution in [2.24, 2.45) is 0 Å². The lowest BCUT2D eigenvalue weighted by Crippen LogP contribution is -2.07. The fraction of sp³-hybridized carbons (Fsp3) is 0.120. The van der Waals surface area contributed by atoms with Gasteiger partial charge in [-0.05, 0) is 53.6 Å². The molecular formula is C25H19FN4O2S. The molecule has 6 nitrogen and oxygen atoms in total. The number of aromatic nitrogens is 3. The molecule has 5 rings (SSSR count). The zero-order valence-corrected chi connectivity index (χ0v) is 18.3. The Morgan fingerprint density at radius 3 is 2.61 bits per heavy atom. The second-order valence-corrected chi connectivity index (χ2v) is 8.62. The first kappa shape index (κ1) is 21.1. The number of carbonyl (C=O) groups excluding carboxylic acids is 2. The zero-order valence-electron chi connectivity index (χ0n) is 17.5. The predicted octanol–water partition coefficient (Wildman–Crippen LogP) is 4.47. The molecule has 2 heterocycles.